The van der Waals surface area contributed by atoms with E-state index < -0.39 is 0 Å². The van der Waals surface area contributed by atoms with Crippen LogP contribution in [-0.2, 0) is 4.79 Å². The topological polar surface area (TPSA) is 60.4 Å². The quantitative estimate of drug-likeness (QED) is 0.605. The van der Waals surface area contributed by atoms with E-state index in [1.807, 2.05) is 24.1 Å². The van der Waals surface area contributed by atoms with Gasteiger partial charge in [0, 0.05) is 64.5 Å². The molecule has 0 radical (unpaired) electrons. The van der Waals surface area contributed by atoms with Gasteiger partial charge in [0.1, 0.15) is 5.75 Å². The van der Waals surface area contributed by atoms with Crippen molar-refractivity contribution in [2.24, 2.45) is 4.99 Å². The first-order valence-electron chi connectivity index (χ1n) is 10.8. The van der Waals surface area contributed by atoms with Gasteiger partial charge in [-0.15, -0.1) is 0 Å². The largest absolute Gasteiger partial charge is 0.497 e. The van der Waals surface area contributed by atoms with E-state index in [-0.39, 0.29) is 5.91 Å². The van der Waals surface area contributed by atoms with Crippen molar-refractivity contribution in [3.05, 3.63) is 24.3 Å². The molecule has 2 heterocycles. The molecule has 1 atom stereocenters. The zero-order valence-corrected chi connectivity index (χ0v) is 18.1. The number of nitrogens with zero attached hydrogens (tertiary/aromatic N) is 4. The highest BCUT2D eigenvalue weighted by Crippen LogP contribution is 2.20. The first-order chi connectivity index (χ1) is 14.1. The zero-order valence-electron chi connectivity index (χ0n) is 18.1. The van der Waals surface area contributed by atoms with E-state index in [2.05, 4.69) is 39.2 Å². The fourth-order valence-electron chi connectivity index (χ4n) is 4.20. The molecule has 2 aliphatic heterocycles. The Balaban J connectivity index is 1.43. The molecule has 29 heavy (non-hydrogen) atoms. The number of piperazine rings is 1. The third kappa shape index (κ3) is 5.55. The number of rotatable bonds is 5. The average molecular weight is 402 g/mol. The number of nitrogens with one attached hydrogen (secondary N) is 1. The number of amides is 1. The molecule has 7 heteroatoms. The highest BCUT2D eigenvalue weighted by Gasteiger charge is 2.23. The summed E-state index contributed by atoms with van der Waals surface area (Å²) in [6.45, 7) is 7.39. The summed E-state index contributed by atoms with van der Waals surface area (Å²) in [5.74, 6) is 2.02. The maximum Gasteiger partial charge on any atom is 0.224 e. The lowest BCUT2D eigenvalue weighted by Gasteiger charge is -2.38. The minimum atomic E-state index is 0.254. The van der Waals surface area contributed by atoms with Crippen LogP contribution in [0.3, 0.4) is 0 Å². The number of ether oxygens (including phenoxy) is 1. The normalized spacial score (nSPS) is 20.6. The minimum absolute atomic E-state index is 0.254. The molecular formula is C22H35N5O2. The average Bonchev–Trinajstić information content (AvgIpc) is 2.77. The van der Waals surface area contributed by atoms with E-state index in [1.165, 1.54) is 12.1 Å². The molecule has 0 aliphatic carbocycles. The number of carbonyl (C=O) groups excluding carboxylic acids is 1. The molecule has 0 saturated carbocycles. The molecule has 1 aromatic carbocycles. The highest BCUT2D eigenvalue weighted by atomic mass is 16.5. The Hall–Kier alpha value is -2.44. The molecule has 7 nitrogen and oxygen atoms in total. The Kier molecular flexibility index (Phi) is 7.61. The van der Waals surface area contributed by atoms with Crippen LogP contribution >= 0.6 is 0 Å². The molecule has 0 spiro atoms. The summed E-state index contributed by atoms with van der Waals surface area (Å²) in [6.07, 6.45) is 4.01. The van der Waals surface area contributed by atoms with Crippen LogP contribution in [0.15, 0.2) is 29.3 Å². The molecular weight excluding hydrogens is 366 g/mol. The van der Waals surface area contributed by atoms with Gasteiger partial charge in [-0.2, -0.15) is 0 Å². The summed E-state index contributed by atoms with van der Waals surface area (Å²) >= 11 is 0. The van der Waals surface area contributed by atoms with E-state index in [4.69, 9.17) is 4.74 Å². The number of anilines is 1. The van der Waals surface area contributed by atoms with Gasteiger partial charge in [-0.1, -0.05) is 0 Å². The van der Waals surface area contributed by atoms with E-state index >= 15 is 0 Å². The number of piperidine rings is 1. The molecule has 1 unspecified atom stereocenters. The maximum absolute atomic E-state index is 12.5. The maximum atomic E-state index is 12.5. The van der Waals surface area contributed by atoms with Gasteiger partial charge in [-0.3, -0.25) is 9.79 Å². The van der Waals surface area contributed by atoms with E-state index in [0.29, 0.717) is 19.0 Å². The fraction of sp³-hybridized carbons (Fsp3) is 0.636. The molecule has 2 aliphatic rings. The van der Waals surface area contributed by atoms with E-state index in [0.717, 1.165) is 57.3 Å². The number of methoxy groups -OCH3 is 1. The van der Waals surface area contributed by atoms with Crippen LogP contribution in [0.5, 0.6) is 5.75 Å². The second-order valence-electron chi connectivity index (χ2n) is 7.83. The Morgan fingerprint density at radius 3 is 2.48 bits per heavy atom. The van der Waals surface area contributed by atoms with Crippen LogP contribution in [0.1, 0.15) is 32.6 Å². The number of benzene rings is 1. The second-order valence-corrected chi connectivity index (χ2v) is 7.83. The summed E-state index contributed by atoms with van der Waals surface area (Å²) in [7, 11) is 3.50. The summed E-state index contributed by atoms with van der Waals surface area (Å²) in [5.41, 5.74) is 1.22. The molecule has 3 rings (SSSR count). The summed E-state index contributed by atoms with van der Waals surface area (Å²) in [4.78, 5) is 23.6. The van der Waals surface area contributed by atoms with Crippen LogP contribution in [0.4, 0.5) is 5.69 Å². The van der Waals surface area contributed by atoms with Gasteiger partial charge in [0.25, 0.3) is 0 Å². The zero-order chi connectivity index (χ0) is 20.6. The van der Waals surface area contributed by atoms with Crippen LogP contribution in [-0.4, -0.2) is 81.1 Å². The monoisotopic (exact) mass is 401 g/mol. The van der Waals surface area contributed by atoms with Gasteiger partial charge >= 0.3 is 0 Å². The van der Waals surface area contributed by atoms with Crippen LogP contribution < -0.4 is 15.0 Å². The Morgan fingerprint density at radius 2 is 1.86 bits per heavy atom. The fourth-order valence-corrected chi connectivity index (χ4v) is 4.20. The predicted octanol–water partition coefficient (Wildman–Crippen LogP) is 2.18. The third-order valence-corrected chi connectivity index (χ3v) is 5.97. The van der Waals surface area contributed by atoms with Crippen LogP contribution in [0.2, 0.25) is 0 Å². The van der Waals surface area contributed by atoms with Crippen molar-refractivity contribution in [1.29, 1.82) is 0 Å². The van der Waals surface area contributed by atoms with Crippen molar-refractivity contribution in [1.82, 2.24) is 15.1 Å². The summed E-state index contributed by atoms with van der Waals surface area (Å²) < 4.78 is 5.24. The molecule has 0 aromatic heterocycles. The molecule has 160 valence electrons. The van der Waals surface area contributed by atoms with Crippen molar-refractivity contribution in [2.45, 2.75) is 38.6 Å². The molecule has 2 saturated heterocycles. The van der Waals surface area contributed by atoms with Crippen molar-refractivity contribution in [2.75, 3.05) is 58.3 Å². The molecule has 0 bridgehead atoms. The van der Waals surface area contributed by atoms with Crippen molar-refractivity contribution in [3.63, 3.8) is 0 Å². The van der Waals surface area contributed by atoms with Gasteiger partial charge in [-0.05, 0) is 50.5 Å². The highest BCUT2D eigenvalue weighted by molar-refractivity contribution is 5.81. The van der Waals surface area contributed by atoms with Gasteiger partial charge < -0.3 is 24.8 Å². The lowest BCUT2D eigenvalue weighted by Crippen LogP contribution is -2.53. The number of aliphatic imine (C=N–C) groups is 1. The van der Waals surface area contributed by atoms with E-state index in [9.17, 15) is 4.79 Å². The van der Waals surface area contributed by atoms with Crippen molar-refractivity contribution >= 4 is 17.6 Å². The van der Waals surface area contributed by atoms with Crippen LogP contribution in [0, 0.1) is 0 Å². The van der Waals surface area contributed by atoms with Gasteiger partial charge in [0.05, 0.1) is 7.11 Å². The first-order valence-corrected chi connectivity index (χ1v) is 10.8. The summed E-state index contributed by atoms with van der Waals surface area (Å²) in [5, 5.41) is 3.39. The molecule has 1 aromatic rings. The van der Waals surface area contributed by atoms with Gasteiger partial charge in [-0.25, -0.2) is 0 Å². The summed E-state index contributed by atoms with van der Waals surface area (Å²) in [6, 6.07) is 8.59. The SMILES string of the molecule is CN=C(NCCC(=O)N1CCCCC1C)N1CCN(c2ccc(OC)cc2)CC1. The number of hydrogen-bond donors (Lipinski definition) is 1. The Bertz CT molecular complexity index is 683. The number of hydrogen-bond acceptors (Lipinski definition) is 4. The van der Waals surface area contributed by atoms with Gasteiger partial charge in [0.15, 0.2) is 5.96 Å². The lowest BCUT2D eigenvalue weighted by atomic mass is 10.0. The van der Waals surface area contributed by atoms with E-state index in [1.54, 1.807) is 7.11 Å². The number of carbonyl (C=O) groups is 1. The first kappa shape index (κ1) is 21.3. The van der Waals surface area contributed by atoms with Crippen molar-refractivity contribution in [3.8, 4) is 5.75 Å². The van der Waals surface area contributed by atoms with Gasteiger partial charge in [0.2, 0.25) is 5.91 Å². The predicted molar refractivity (Wildman–Crippen MR) is 118 cm³/mol. The Morgan fingerprint density at radius 1 is 1.14 bits per heavy atom. The molecule has 1 N–H and O–H groups in total. The minimum Gasteiger partial charge on any atom is -0.497 e. The number of guanidine groups is 1. The standard InChI is InChI=1S/C22H35N5O2/c1-18-6-4-5-13-27(18)21(28)11-12-24-22(23-2)26-16-14-25(15-17-26)19-7-9-20(29-3)10-8-19/h7-10,18H,4-6,11-17H2,1-3H3,(H,23,24). The van der Waals surface area contributed by atoms with Crippen LogP contribution in [0.25, 0.3) is 0 Å². The molecule has 1 amide bonds. The lowest BCUT2D eigenvalue weighted by molar-refractivity contribution is -0.134. The number of likely N-dealkylation sites (tertiary alicyclic amines) is 1. The molecule has 2 fully saturated rings. The van der Waals surface area contributed by atoms with Crippen molar-refractivity contribution < 1.29 is 9.53 Å². The second kappa shape index (κ2) is 10.4. The Labute approximate surface area is 174 Å². The smallest absolute Gasteiger partial charge is 0.224 e. The third-order valence-electron chi connectivity index (χ3n) is 5.97.